The molecule has 0 bridgehead atoms. The summed E-state index contributed by atoms with van der Waals surface area (Å²) >= 11 is 0. The molecule has 2 aliphatic heterocycles. The van der Waals surface area contributed by atoms with Crippen LogP contribution >= 0.6 is 0 Å². The number of piperazine rings is 1. The molecule has 1 amide bonds. The van der Waals surface area contributed by atoms with E-state index in [9.17, 15) is 4.79 Å². The summed E-state index contributed by atoms with van der Waals surface area (Å²) in [6.45, 7) is 5.82. The molecule has 1 atom stereocenters. The molecule has 2 heterocycles. The lowest BCUT2D eigenvalue weighted by atomic mass is 9.99. The normalized spacial score (nSPS) is 17.4. The van der Waals surface area contributed by atoms with Gasteiger partial charge in [0.15, 0.2) is 0 Å². The van der Waals surface area contributed by atoms with E-state index in [-0.39, 0.29) is 11.9 Å². The van der Waals surface area contributed by atoms with Crippen LogP contribution in [0.25, 0.3) is 11.1 Å². The molecule has 1 N–H and O–H groups in total. The number of likely N-dealkylation sites (N-methyl/N-ethyl adjacent to an activating group) is 2. The van der Waals surface area contributed by atoms with Gasteiger partial charge >= 0.3 is 0 Å². The van der Waals surface area contributed by atoms with E-state index in [0.29, 0.717) is 12.1 Å². The summed E-state index contributed by atoms with van der Waals surface area (Å²) in [5.41, 5.74) is 7.04. The highest BCUT2D eigenvalue weighted by molar-refractivity contribution is 5.94. The quantitative estimate of drug-likeness (QED) is 0.610. The van der Waals surface area contributed by atoms with Crippen molar-refractivity contribution in [1.82, 2.24) is 15.1 Å². The van der Waals surface area contributed by atoms with Gasteiger partial charge in [0.25, 0.3) is 5.91 Å². The molecular formula is C29H34N4O. The van der Waals surface area contributed by atoms with Crippen LogP contribution in [-0.4, -0.2) is 69.1 Å². The Balaban J connectivity index is 1.31. The number of benzene rings is 3. The average Bonchev–Trinajstić information content (AvgIpc) is 3.25. The fraction of sp³-hybridized carbons (Fsp3) is 0.345. The van der Waals surface area contributed by atoms with Gasteiger partial charge in [0.05, 0.1) is 6.04 Å². The maximum Gasteiger partial charge on any atom is 0.251 e. The fourth-order valence-electron chi connectivity index (χ4n) is 5.12. The maximum absolute atomic E-state index is 13.0. The Morgan fingerprint density at radius 2 is 1.56 bits per heavy atom. The average molecular weight is 455 g/mol. The molecule has 5 nitrogen and oxygen atoms in total. The van der Waals surface area contributed by atoms with E-state index in [1.165, 1.54) is 16.8 Å². The van der Waals surface area contributed by atoms with Gasteiger partial charge in [0, 0.05) is 57.6 Å². The molecule has 0 aliphatic carbocycles. The van der Waals surface area contributed by atoms with Crippen molar-refractivity contribution < 1.29 is 4.79 Å². The molecular weight excluding hydrogens is 420 g/mol. The Labute approximate surface area is 203 Å². The summed E-state index contributed by atoms with van der Waals surface area (Å²) in [4.78, 5) is 20.3. The number of anilines is 1. The van der Waals surface area contributed by atoms with Gasteiger partial charge in [-0.15, -0.1) is 0 Å². The maximum atomic E-state index is 13.0. The van der Waals surface area contributed by atoms with E-state index < -0.39 is 0 Å². The van der Waals surface area contributed by atoms with Crippen molar-refractivity contribution >= 4 is 11.6 Å². The number of amides is 1. The largest absolute Gasteiger partial charge is 0.374 e. The van der Waals surface area contributed by atoms with Gasteiger partial charge in [-0.05, 0) is 53.9 Å². The molecule has 3 aromatic rings. The van der Waals surface area contributed by atoms with Gasteiger partial charge in [0.2, 0.25) is 0 Å². The van der Waals surface area contributed by atoms with Crippen molar-refractivity contribution in [3.8, 4) is 11.1 Å². The third kappa shape index (κ3) is 4.86. The minimum Gasteiger partial charge on any atom is -0.374 e. The summed E-state index contributed by atoms with van der Waals surface area (Å²) < 4.78 is 0. The Morgan fingerprint density at radius 1 is 0.853 bits per heavy atom. The van der Waals surface area contributed by atoms with E-state index in [0.717, 1.165) is 50.3 Å². The van der Waals surface area contributed by atoms with Gasteiger partial charge in [-0.2, -0.15) is 0 Å². The lowest BCUT2D eigenvalue weighted by Crippen LogP contribution is -2.48. The van der Waals surface area contributed by atoms with Crippen molar-refractivity contribution in [2.45, 2.75) is 12.5 Å². The Hall–Kier alpha value is -3.15. The number of fused-ring (bicyclic) bond motifs is 1. The van der Waals surface area contributed by atoms with E-state index in [1.54, 1.807) is 0 Å². The summed E-state index contributed by atoms with van der Waals surface area (Å²) in [5.74, 6) is -0.0142. The van der Waals surface area contributed by atoms with Gasteiger partial charge in [-0.3, -0.25) is 9.69 Å². The van der Waals surface area contributed by atoms with Crippen molar-refractivity contribution in [3.63, 3.8) is 0 Å². The second-order valence-corrected chi connectivity index (χ2v) is 9.57. The van der Waals surface area contributed by atoms with E-state index in [4.69, 9.17) is 0 Å². The van der Waals surface area contributed by atoms with Gasteiger partial charge in [-0.1, -0.05) is 54.6 Å². The highest BCUT2D eigenvalue weighted by Gasteiger charge is 2.26. The van der Waals surface area contributed by atoms with Crippen LogP contribution in [0, 0.1) is 0 Å². The monoisotopic (exact) mass is 454 g/mol. The lowest BCUT2D eigenvalue weighted by molar-refractivity contribution is 0.0886. The summed E-state index contributed by atoms with van der Waals surface area (Å²) in [7, 11) is 4.34. The van der Waals surface area contributed by atoms with Crippen molar-refractivity contribution in [2.24, 2.45) is 0 Å². The summed E-state index contributed by atoms with van der Waals surface area (Å²) in [6.07, 6.45) is 1.09. The molecule has 34 heavy (non-hydrogen) atoms. The minimum absolute atomic E-state index is 0.0142. The topological polar surface area (TPSA) is 38.8 Å². The predicted octanol–water partition coefficient (Wildman–Crippen LogP) is 4.06. The van der Waals surface area contributed by atoms with Crippen LogP contribution < -0.4 is 10.2 Å². The first-order valence-electron chi connectivity index (χ1n) is 12.3. The third-order valence-corrected chi connectivity index (χ3v) is 7.30. The Morgan fingerprint density at radius 3 is 2.29 bits per heavy atom. The third-order valence-electron chi connectivity index (χ3n) is 7.30. The molecule has 2 aliphatic rings. The molecule has 1 saturated heterocycles. The first-order valence-corrected chi connectivity index (χ1v) is 12.3. The molecule has 1 fully saturated rings. The molecule has 0 saturated carbocycles. The van der Waals surface area contributed by atoms with Crippen molar-refractivity contribution in [1.29, 1.82) is 0 Å². The van der Waals surface area contributed by atoms with Crippen LogP contribution in [0.5, 0.6) is 0 Å². The second kappa shape index (κ2) is 10.00. The molecule has 5 rings (SSSR count). The van der Waals surface area contributed by atoms with E-state index >= 15 is 0 Å². The van der Waals surface area contributed by atoms with Gasteiger partial charge in [-0.25, -0.2) is 0 Å². The Bertz CT molecular complexity index is 1120. The summed E-state index contributed by atoms with van der Waals surface area (Å²) in [6, 6.07) is 25.2. The van der Waals surface area contributed by atoms with Crippen LogP contribution in [0.3, 0.4) is 0 Å². The van der Waals surface area contributed by atoms with Crippen molar-refractivity contribution in [3.05, 3.63) is 89.5 Å². The number of hydrogen-bond acceptors (Lipinski definition) is 4. The van der Waals surface area contributed by atoms with Gasteiger partial charge in [0.1, 0.15) is 0 Å². The SMILES string of the molecule is CN1CCN([C@H](CNC(=O)c2ccc(-c3ccccc3)cc2)c2ccc3c(c2)CCN3C)CC1. The standard InChI is InChI=1S/C29H34N4O/c1-31-16-18-33(19-17-31)28(25-12-13-27-26(20-25)14-15-32(27)2)21-30-29(34)24-10-8-23(9-11-24)22-6-4-3-5-7-22/h3-13,20,28H,14-19,21H2,1-2H3,(H,30,34)/t28-/m1/s1. The molecule has 5 heteroatoms. The minimum atomic E-state index is -0.0142. The zero-order chi connectivity index (χ0) is 23.5. The molecule has 0 spiro atoms. The number of nitrogens with zero attached hydrogens (tertiary/aromatic N) is 3. The highest BCUT2D eigenvalue weighted by Crippen LogP contribution is 2.31. The molecule has 0 aromatic heterocycles. The number of hydrogen-bond donors (Lipinski definition) is 1. The Kier molecular flexibility index (Phi) is 6.66. The van der Waals surface area contributed by atoms with Crippen LogP contribution in [0.15, 0.2) is 72.8 Å². The lowest BCUT2D eigenvalue weighted by Gasteiger charge is -2.38. The smallest absolute Gasteiger partial charge is 0.251 e. The zero-order valence-electron chi connectivity index (χ0n) is 20.2. The number of rotatable bonds is 6. The highest BCUT2D eigenvalue weighted by atomic mass is 16.1. The first-order chi connectivity index (χ1) is 16.6. The van der Waals surface area contributed by atoms with Crippen molar-refractivity contribution in [2.75, 3.05) is 58.3 Å². The predicted molar refractivity (Wildman–Crippen MR) is 139 cm³/mol. The van der Waals surface area contributed by atoms with E-state index in [2.05, 4.69) is 64.4 Å². The number of carbonyl (C=O) groups excluding carboxylic acids is 1. The number of nitrogens with one attached hydrogen (secondary N) is 1. The van der Waals surface area contributed by atoms with Crippen LogP contribution in [0.2, 0.25) is 0 Å². The fourth-order valence-corrected chi connectivity index (χ4v) is 5.12. The number of carbonyl (C=O) groups is 1. The van der Waals surface area contributed by atoms with Crippen LogP contribution in [0.4, 0.5) is 5.69 Å². The van der Waals surface area contributed by atoms with E-state index in [1.807, 2.05) is 42.5 Å². The van der Waals surface area contributed by atoms with Crippen LogP contribution in [-0.2, 0) is 6.42 Å². The van der Waals surface area contributed by atoms with Gasteiger partial charge < -0.3 is 15.1 Å². The molecule has 0 radical (unpaired) electrons. The molecule has 3 aromatic carbocycles. The second-order valence-electron chi connectivity index (χ2n) is 9.57. The zero-order valence-corrected chi connectivity index (χ0v) is 20.2. The molecule has 0 unspecified atom stereocenters. The van der Waals surface area contributed by atoms with Crippen LogP contribution in [0.1, 0.15) is 27.5 Å². The first kappa shape index (κ1) is 22.6. The molecule has 176 valence electrons. The summed E-state index contributed by atoms with van der Waals surface area (Å²) in [5, 5.41) is 3.24.